The van der Waals surface area contributed by atoms with E-state index >= 15 is 0 Å². The largest absolute Gasteiger partial charge is 0.497 e. The summed E-state index contributed by atoms with van der Waals surface area (Å²) in [6.45, 7) is 1.47. The van der Waals surface area contributed by atoms with Gasteiger partial charge in [0.1, 0.15) is 5.75 Å². The lowest BCUT2D eigenvalue weighted by Crippen LogP contribution is -2.30. The van der Waals surface area contributed by atoms with Crippen LogP contribution in [0.5, 0.6) is 5.75 Å². The average molecular weight is 309 g/mol. The van der Waals surface area contributed by atoms with Crippen LogP contribution in [0.1, 0.15) is 6.92 Å². The summed E-state index contributed by atoms with van der Waals surface area (Å²) in [5.74, 6) is 0.168. The van der Waals surface area contributed by atoms with E-state index in [2.05, 4.69) is 9.71 Å². The zero-order chi connectivity index (χ0) is 15.6. The summed E-state index contributed by atoms with van der Waals surface area (Å²) in [6.07, 6.45) is 1.24. The molecule has 2 rings (SSSR count). The van der Waals surface area contributed by atoms with Gasteiger partial charge in [0.25, 0.3) is 5.91 Å². The van der Waals surface area contributed by atoms with Crippen LogP contribution in [0.4, 0.5) is 5.69 Å². The molecule has 0 radical (unpaired) electrons. The highest BCUT2D eigenvalue weighted by Crippen LogP contribution is 2.19. The Morgan fingerprint density at radius 1 is 1.38 bits per heavy atom. The Morgan fingerprint density at radius 3 is 2.76 bits per heavy atom. The fraction of sp³-hybridized carbons (Fsp3) is 0.231. The van der Waals surface area contributed by atoms with E-state index in [-0.39, 0.29) is 11.3 Å². The van der Waals surface area contributed by atoms with Crippen molar-refractivity contribution in [2.75, 3.05) is 19.5 Å². The van der Waals surface area contributed by atoms with Crippen molar-refractivity contribution in [3.05, 3.63) is 36.0 Å². The maximum absolute atomic E-state index is 12.2. The lowest BCUT2D eigenvalue weighted by Gasteiger charge is -2.19. The number of amides is 1. The summed E-state index contributed by atoms with van der Waals surface area (Å²) in [4.78, 5) is 12.2. The van der Waals surface area contributed by atoms with Crippen molar-refractivity contribution in [3.63, 3.8) is 0 Å². The SMILES string of the molecule is COc1cccc(NC(=O)C2=CN(C)S(=O)(=O)N=C2C)c1. The molecule has 8 heteroatoms. The number of nitrogens with zero attached hydrogens (tertiary/aromatic N) is 2. The van der Waals surface area contributed by atoms with E-state index in [9.17, 15) is 13.2 Å². The van der Waals surface area contributed by atoms with Crippen molar-refractivity contribution in [1.29, 1.82) is 0 Å². The Balaban J connectivity index is 2.23. The molecule has 0 unspecified atom stereocenters. The second-order valence-electron chi connectivity index (χ2n) is 4.40. The van der Waals surface area contributed by atoms with Crippen LogP contribution in [0.3, 0.4) is 0 Å². The van der Waals surface area contributed by atoms with Gasteiger partial charge in [-0.15, -0.1) is 4.40 Å². The molecule has 1 aliphatic heterocycles. The molecule has 112 valence electrons. The average Bonchev–Trinajstić information content (AvgIpc) is 2.42. The molecule has 1 amide bonds. The monoisotopic (exact) mass is 309 g/mol. The molecule has 0 saturated carbocycles. The minimum atomic E-state index is -3.72. The van der Waals surface area contributed by atoms with E-state index in [1.807, 2.05) is 0 Å². The number of anilines is 1. The number of hydrogen-bond donors (Lipinski definition) is 1. The zero-order valence-electron chi connectivity index (χ0n) is 11.8. The third kappa shape index (κ3) is 3.22. The molecule has 1 aromatic rings. The molecular weight excluding hydrogens is 294 g/mol. The molecule has 1 heterocycles. The first-order valence-corrected chi connectivity index (χ1v) is 7.45. The Bertz CT molecular complexity index is 738. The van der Waals surface area contributed by atoms with Crippen molar-refractivity contribution in [2.45, 2.75) is 6.92 Å². The van der Waals surface area contributed by atoms with Gasteiger partial charge < -0.3 is 10.1 Å². The van der Waals surface area contributed by atoms with Gasteiger partial charge in [-0.2, -0.15) is 8.42 Å². The van der Waals surface area contributed by atoms with Gasteiger partial charge in [-0.3, -0.25) is 9.10 Å². The van der Waals surface area contributed by atoms with E-state index in [4.69, 9.17) is 4.74 Å². The molecule has 1 aliphatic rings. The number of benzene rings is 1. The topological polar surface area (TPSA) is 88.1 Å². The van der Waals surface area contributed by atoms with Crippen molar-refractivity contribution < 1.29 is 17.9 Å². The zero-order valence-corrected chi connectivity index (χ0v) is 12.6. The number of rotatable bonds is 3. The number of nitrogens with one attached hydrogen (secondary N) is 1. The first-order chi connectivity index (χ1) is 9.83. The predicted octanol–water partition coefficient (Wildman–Crippen LogP) is 1.17. The number of carbonyl (C=O) groups is 1. The van der Waals surface area contributed by atoms with Crippen LogP contribution in [-0.4, -0.2) is 38.5 Å². The van der Waals surface area contributed by atoms with E-state index in [1.165, 1.54) is 27.3 Å². The molecule has 0 aromatic heterocycles. The minimum Gasteiger partial charge on any atom is -0.497 e. The molecule has 0 aliphatic carbocycles. The van der Waals surface area contributed by atoms with E-state index in [1.54, 1.807) is 24.3 Å². The Kier molecular flexibility index (Phi) is 3.99. The summed E-state index contributed by atoms with van der Waals surface area (Å²) >= 11 is 0. The normalized spacial score (nSPS) is 16.8. The highest BCUT2D eigenvalue weighted by molar-refractivity contribution is 7.88. The van der Waals surface area contributed by atoms with Crippen molar-refractivity contribution in [3.8, 4) is 5.75 Å². The molecule has 1 N–H and O–H groups in total. The van der Waals surface area contributed by atoms with Crippen LogP contribution in [0, 0.1) is 0 Å². The summed E-state index contributed by atoms with van der Waals surface area (Å²) in [6, 6.07) is 6.86. The number of carbonyl (C=O) groups excluding carboxylic acids is 1. The number of methoxy groups -OCH3 is 1. The molecule has 1 aromatic carbocycles. The van der Waals surface area contributed by atoms with Crippen LogP contribution in [0.25, 0.3) is 0 Å². The fourth-order valence-corrected chi connectivity index (χ4v) is 2.56. The van der Waals surface area contributed by atoms with Crippen LogP contribution in [-0.2, 0) is 15.0 Å². The van der Waals surface area contributed by atoms with Crippen molar-refractivity contribution >= 4 is 27.5 Å². The first kappa shape index (κ1) is 15.0. The van der Waals surface area contributed by atoms with E-state index < -0.39 is 16.1 Å². The first-order valence-electron chi connectivity index (χ1n) is 6.05. The third-order valence-electron chi connectivity index (χ3n) is 2.89. The number of ether oxygens (including phenoxy) is 1. The quantitative estimate of drug-likeness (QED) is 0.907. The second kappa shape index (κ2) is 5.57. The Labute approximate surface area is 123 Å². The standard InChI is InChI=1S/C13H15N3O4S/c1-9-12(8-16(2)21(18,19)15-9)13(17)14-10-5-4-6-11(7-10)20-3/h4-8H,1-3H3,(H,14,17). The molecule has 0 saturated heterocycles. The summed E-state index contributed by atoms with van der Waals surface area (Å²) < 4.78 is 32.6. The molecule has 21 heavy (non-hydrogen) atoms. The maximum atomic E-state index is 12.2. The summed E-state index contributed by atoms with van der Waals surface area (Å²) in [7, 11) is -0.863. The number of hydrogen-bond acceptors (Lipinski definition) is 4. The molecule has 0 atom stereocenters. The summed E-state index contributed by atoms with van der Waals surface area (Å²) in [5.41, 5.74) is 0.882. The van der Waals surface area contributed by atoms with Gasteiger partial charge in [0, 0.05) is 25.0 Å². The van der Waals surface area contributed by atoms with Crippen LogP contribution < -0.4 is 10.1 Å². The predicted molar refractivity (Wildman–Crippen MR) is 79.5 cm³/mol. The van der Waals surface area contributed by atoms with Gasteiger partial charge in [-0.05, 0) is 19.1 Å². The third-order valence-corrected chi connectivity index (χ3v) is 4.23. The van der Waals surface area contributed by atoms with Gasteiger partial charge >= 0.3 is 10.2 Å². The van der Waals surface area contributed by atoms with Crippen LogP contribution in [0.15, 0.2) is 40.4 Å². The van der Waals surface area contributed by atoms with E-state index in [0.717, 1.165) is 4.31 Å². The van der Waals surface area contributed by atoms with Gasteiger partial charge in [-0.25, -0.2) is 0 Å². The van der Waals surface area contributed by atoms with Gasteiger partial charge in [0.2, 0.25) is 0 Å². The Hall–Kier alpha value is -2.35. The van der Waals surface area contributed by atoms with Crippen LogP contribution in [0.2, 0.25) is 0 Å². The highest BCUT2D eigenvalue weighted by Gasteiger charge is 2.25. The van der Waals surface area contributed by atoms with Crippen molar-refractivity contribution in [2.24, 2.45) is 4.40 Å². The van der Waals surface area contributed by atoms with Crippen LogP contribution >= 0.6 is 0 Å². The van der Waals surface area contributed by atoms with Gasteiger partial charge in [0.05, 0.1) is 18.4 Å². The molecule has 0 bridgehead atoms. The van der Waals surface area contributed by atoms with Gasteiger partial charge in [-0.1, -0.05) is 6.07 Å². The van der Waals surface area contributed by atoms with Gasteiger partial charge in [0.15, 0.2) is 0 Å². The molecular formula is C13H15N3O4S. The lowest BCUT2D eigenvalue weighted by molar-refractivity contribution is -0.112. The lowest BCUT2D eigenvalue weighted by atomic mass is 10.1. The molecule has 0 fully saturated rings. The Morgan fingerprint density at radius 2 is 2.10 bits per heavy atom. The second-order valence-corrected chi connectivity index (χ2v) is 6.05. The summed E-state index contributed by atoms with van der Waals surface area (Å²) in [5, 5.41) is 2.68. The maximum Gasteiger partial charge on any atom is 0.344 e. The highest BCUT2D eigenvalue weighted by atomic mass is 32.2. The smallest absolute Gasteiger partial charge is 0.344 e. The molecule has 7 nitrogen and oxygen atoms in total. The minimum absolute atomic E-state index is 0.147. The van der Waals surface area contributed by atoms with E-state index in [0.29, 0.717) is 11.4 Å². The van der Waals surface area contributed by atoms with Crippen molar-refractivity contribution in [1.82, 2.24) is 4.31 Å². The molecule has 0 spiro atoms. The fourth-order valence-electron chi connectivity index (χ4n) is 1.75.